The molecule has 2 amide bonds. The Morgan fingerprint density at radius 2 is 1.79 bits per heavy atom. The van der Waals surface area contributed by atoms with Crippen molar-refractivity contribution in [2.75, 3.05) is 10.8 Å². The Morgan fingerprint density at radius 1 is 1.11 bits per heavy atom. The lowest BCUT2D eigenvalue weighted by Gasteiger charge is -2.41. The molecule has 4 rings (SSSR count). The average Bonchev–Trinajstić information content (AvgIpc) is 3.00. The number of alkyl halides is 1. The maximum Gasteiger partial charge on any atom is 0.244 e. The van der Waals surface area contributed by atoms with Crippen LogP contribution in [0.2, 0.25) is 0 Å². The third-order valence-corrected chi connectivity index (χ3v) is 7.35. The SMILES string of the molecule is Cc1cccc2c1N(C(=O)CCl)C(C(=O)NC1CCCCC1)C21CCCCC1. The Balaban J connectivity index is 1.77. The molecule has 2 aliphatic carbocycles. The van der Waals surface area contributed by atoms with Gasteiger partial charge < -0.3 is 5.32 Å². The van der Waals surface area contributed by atoms with Gasteiger partial charge in [-0.2, -0.15) is 0 Å². The molecule has 1 unspecified atom stereocenters. The van der Waals surface area contributed by atoms with Crippen molar-refractivity contribution in [3.63, 3.8) is 0 Å². The molecule has 152 valence electrons. The van der Waals surface area contributed by atoms with Crippen molar-refractivity contribution in [3.8, 4) is 0 Å². The lowest BCUT2D eigenvalue weighted by Crippen LogP contribution is -2.58. The molecule has 1 heterocycles. The molecule has 0 radical (unpaired) electrons. The van der Waals surface area contributed by atoms with Gasteiger partial charge in [-0.15, -0.1) is 11.6 Å². The van der Waals surface area contributed by atoms with E-state index < -0.39 is 6.04 Å². The van der Waals surface area contributed by atoms with Crippen LogP contribution in [-0.2, 0) is 15.0 Å². The van der Waals surface area contributed by atoms with Crippen LogP contribution in [0, 0.1) is 6.92 Å². The number of amides is 2. The van der Waals surface area contributed by atoms with Gasteiger partial charge in [0.05, 0.1) is 5.69 Å². The zero-order valence-electron chi connectivity index (χ0n) is 16.8. The maximum absolute atomic E-state index is 13.6. The van der Waals surface area contributed by atoms with Crippen molar-refractivity contribution >= 4 is 29.1 Å². The van der Waals surface area contributed by atoms with Crippen molar-refractivity contribution < 1.29 is 9.59 Å². The van der Waals surface area contributed by atoms with Gasteiger partial charge in [-0.05, 0) is 43.7 Å². The Labute approximate surface area is 173 Å². The summed E-state index contributed by atoms with van der Waals surface area (Å²) >= 11 is 6.02. The van der Waals surface area contributed by atoms with Gasteiger partial charge >= 0.3 is 0 Å². The molecule has 4 nitrogen and oxygen atoms in total. The highest BCUT2D eigenvalue weighted by Crippen LogP contribution is 2.54. The number of nitrogens with one attached hydrogen (secondary N) is 1. The van der Waals surface area contributed by atoms with Crippen LogP contribution in [0.1, 0.15) is 75.3 Å². The van der Waals surface area contributed by atoms with E-state index >= 15 is 0 Å². The van der Waals surface area contributed by atoms with Gasteiger partial charge in [0, 0.05) is 11.5 Å². The van der Waals surface area contributed by atoms with E-state index in [0.717, 1.165) is 49.8 Å². The van der Waals surface area contributed by atoms with Crippen LogP contribution >= 0.6 is 11.6 Å². The fourth-order valence-corrected chi connectivity index (χ4v) is 5.99. The number of carbonyl (C=O) groups excluding carboxylic acids is 2. The van der Waals surface area contributed by atoms with E-state index in [1.54, 1.807) is 4.90 Å². The number of anilines is 1. The van der Waals surface area contributed by atoms with Gasteiger partial charge in [-0.3, -0.25) is 14.5 Å². The first-order valence-corrected chi connectivity index (χ1v) is 11.4. The van der Waals surface area contributed by atoms with Crippen LogP contribution in [0.4, 0.5) is 5.69 Å². The molecule has 0 saturated heterocycles. The number of hydrogen-bond acceptors (Lipinski definition) is 2. The maximum atomic E-state index is 13.6. The first-order valence-electron chi connectivity index (χ1n) is 10.9. The number of rotatable bonds is 3. The molecule has 1 aliphatic heterocycles. The van der Waals surface area contributed by atoms with E-state index in [1.165, 1.54) is 31.2 Å². The summed E-state index contributed by atoms with van der Waals surface area (Å²) in [6.07, 6.45) is 11.0. The Morgan fingerprint density at radius 3 is 2.46 bits per heavy atom. The van der Waals surface area contributed by atoms with Crippen LogP contribution in [-0.4, -0.2) is 29.8 Å². The summed E-state index contributed by atoms with van der Waals surface area (Å²) in [5.41, 5.74) is 2.88. The highest BCUT2D eigenvalue weighted by molar-refractivity contribution is 6.30. The quantitative estimate of drug-likeness (QED) is 0.751. The number of fused-ring (bicyclic) bond motifs is 2. The van der Waals surface area contributed by atoms with Crippen molar-refractivity contribution in [1.29, 1.82) is 0 Å². The summed E-state index contributed by atoms with van der Waals surface area (Å²) in [7, 11) is 0. The summed E-state index contributed by atoms with van der Waals surface area (Å²) in [4.78, 5) is 28.4. The Kier molecular flexibility index (Phi) is 5.69. The summed E-state index contributed by atoms with van der Waals surface area (Å²) in [6.45, 7) is 2.03. The molecule has 0 aromatic heterocycles. The molecule has 1 N–H and O–H groups in total. The third-order valence-electron chi connectivity index (χ3n) is 7.13. The largest absolute Gasteiger partial charge is 0.352 e. The molecule has 1 aromatic carbocycles. The van der Waals surface area contributed by atoms with E-state index in [2.05, 4.69) is 17.4 Å². The lowest BCUT2D eigenvalue weighted by atomic mass is 9.66. The van der Waals surface area contributed by atoms with E-state index in [1.807, 2.05) is 13.0 Å². The van der Waals surface area contributed by atoms with Crippen LogP contribution in [0.15, 0.2) is 18.2 Å². The minimum absolute atomic E-state index is 0.0165. The second-order valence-corrected chi connectivity index (χ2v) is 9.10. The van der Waals surface area contributed by atoms with Crippen molar-refractivity contribution in [2.24, 2.45) is 0 Å². The summed E-state index contributed by atoms with van der Waals surface area (Å²) < 4.78 is 0. The van der Waals surface area contributed by atoms with Crippen molar-refractivity contribution in [3.05, 3.63) is 29.3 Å². The number of hydrogen-bond donors (Lipinski definition) is 1. The van der Waals surface area contributed by atoms with Crippen LogP contribution in [0.3, 0.4) is 0 Å². The Hall–Kier alpha value is -1.55. The third kappa shape index (κ3) is 3.24. The van der Waals surface area contributed by atoms with Crippen LogP contribution in [0.5, 0.6) is 0 Å². The fraction of sp³-hybridized carbons (Fsp3) is 0.652. The molecule has 3 aliphatic rings. The summed E-state index contributed by atoms with van der Waals surface area (Å²) in [5, 5.41) is 3.32. The minimum Gasteiger partial charge on any atom is -0.352 e. The summed E-state index contributed by atoms with van der Waals surface area (Å²) in [5.74, 6) is -0.247. The fourth-order valence-electron chi connectivity index (χ4n) is 5.86. The smallest absolute Gasteiger partial charge is 0.244 e. The zero-order chi connectivity index (χ0) is 19.7. The first-order chi connectivity index (χ1) is 13.6. The number of para-hydroxylation sites is 1. The highest BCUT2D eigenvalue weighted by atomic mass is 35.5. The van der Waals surface area contributed by atoms with Gasteiger partial charge in [0.15, 0.2) is 0 Å². The second-order valence-electron chi connectivity index (χ2n) is 8.83. The molecule has 5 heteroatoms. The second kappa shape index (κ2) is 8.06. The van der Waals surface area contributed by atoms with Crippen LogP contribution in [0.25, 0.3) is 0 Å². The average molecular weight is 403 g/mol. The molecular weight excluding hydrogens is 372 g/mol. The van der Waals surface area contributed by atoms with E-state index in [0.29, 0.717) is 0 Å². The van der Waals surface area contributed by atoms with E-state index in [-0.39, 0.29) is 29.2 Å². The Bertz CT molecular complexity index is 751. The van der Waals surface area contributed by atoms with E-state index in [4.69, 9.17) is 11.6 Å². The highest BCUT2D eigenvalue weighted by Gasteiger charge is 2.56. The minimum atomic E-state index is -0.475. The molecular formula is C23H31ClN2O2. The van der Waals surface area contributed by atoms with Gasteiger partial charge in [0.2, 0.25) is 11.8 Å². The molecule has 1 atom stereocenters. The first kappa shape index (κ1) is 19.8. The number of halogens is 1. The molecule has 1 aromatic rings. The molecule has 2 fully saturated rings. The monoisotopic (exact) mass is 402 g/mol. The number of aryl methyl sites for hydroxylation is 1. The number of benzene rings is 1. The number of nitrogens with zero attached hydrogens (tertiary/aromatic N) is 1. The molecule has 2 saturated carbocycles. The zero-order valence-corrected chi connectivity index (χ0v) is 17.6. The summed E-state index contributed by atoms with van der Waals surface area (Å²) in [6, 6.07) is 5.99. The van der Waals surface area contributed by atoms with Gasteiger partial charge in [0.25, 0.3) is 0 Å². The molecule has 1 spiro atoms. The van der Waals surface area contributed by atoms with Crippen LogP contribution < -0.4 is 10.2 Å². The van der Waals surface area contributed by atoms with Gasteiger partial charge in [0.1, 0.15) is 11.9 Å². The van der Waals surface area contributed by atoms with Crippen molar-refractivity contribution in [2.45, 2.75) is 88.6 Å². The normalized spacial score (nSPS) is 24.2. The van der Waals surface area contributed by atoms with Gasteiger partial charge in [-0.1, -0.05) is 56.7 Å². The van der Waals surface area contributed by atoms with E-state index in [9.17, 15) is 9.59 Å². The predicted molar refractivity (Wildman–Crippen MR) is 113 cm³/mol. The standard InChI is InChI=1S/C23H31ClN2O2/c1-16-9-8-12-18-20(16)26(19(27)15-24)21(23(18)13-6-3-7-14-23)22(28)25-17-10-4-2-5-11-17/h8-9,12,17,21H,2-7,10-11,13-15H2,1H3,(H,25,28). The molecule has 0 bridgehead atoms. The van der Waals surface area contributed by atoms with Crippen molar-refractivity contribution in [1.82, 2.24) is 5.32 Å². The number of carbonyl (C=O) groups is 2. The predicted octanol–water partition coefficient (Wildman–Crippen LogP) is 4.60. The topological polar surface area (TPSA) is 49.4 Å². The molecule has 28 heavy (non-hydrogen) atoms. The van der Waals surface area contributed by atoms with Gasteiger partial charge in [-0.25, -0.2) is 0 Å². The lowest BCUT2D eigenvalue weighted by molar-refractivity contribution is -0.128.